The van der Waals surface area contributed by atoms with Gasteiger partial charge in [0.15, 0.2) is 0 Å². The fourth-order valence-corrected chi connectivity index (χ4v) is 2.81. The van der Waals surface area contributed by atoms with Crippen LogP contribution in [0.4, 0.5) is 10.1 Å². The Morgan fingerprint density at radius 3 is 2.72 bits per heavy atom. The lowest BCUT2D eigenvalue weighted by molar-refractivity contribution is -0.136. The van der Waals surface area contributed by atoms with E-state index in [0.717, 1.165) is 6.07 Å². The van der Waals surface area contributed by atoms with E-state index in [1.165, 1.54) is 36.5 Å². The van der Waals surface area contributed by atoms with E-state index < -0.39 is 17.7 Å². The molecule has 0 radical (unpaired) electrons. The van der Waals surface area contributed by atoms with E-state index in [9.17, 15) is 14.0 Å². The second-order valence-corrected chi connectivity index (χ2v) is 5.67. The number of anilines is 1. The SMILES string of the molecule is COC(=O)C1=C(C)N(c2ccc(F)c(Cl)c2)C(=O)C1=Cc1ccco1. The van der Waals surface area contributed by atoms with E-state index in [1.54, 1.807) is 19.1 Å². The monoisotopic (exact) mass is 361 g/mol. The molecule has 1 amide bonds. The van der Waals surface area contributed by atoms with Crippen LogP contribution in [0.1, 0.15) is 12.7 Å². The van der Waals surface area contributed by atoms with Crippen LogP contribution in [0.25, 0.3) is 6.08 Å². The average Bonchev–Trinajstić information content (AvgIpc) is 3.17. The fraction of sp³-hybridized carbons (Fsp3) is 0.111. The molecular weight excluding hydrogens is 349 g/mol. The number of allylic oxidation sites excluding steroid dienone is 1. The smallest absolute Gasteiger partial charge is 0.340 e. The van der Waals surface area contributed by atoms with Gasteiger partial charge in [-0.05, 0) is 43.3 Å². The highest BCUT2D eigenvalue weighted by Crippen LogP contribution is 2.36. The minimum atomic E-state index is -0.653. The van der Waals surface area contributed by atoms with Crippen molar-refractivity contribution >= 4 is 35.2 Å². The van der Waals surface area contributed by atoms with Crippen molar-refractivity contribution in [2.75, 3.05) is 12.0 Å². The molecule has 0 spiro atoms. The highest BCUT2D eigenvalue weighted by molar-refractivity contribution is 6.31. The third-order valence-electron chi connectivity index (χ3n) is 3.78. The lowest BCUT2D eigenvalue weighted by atomic mass is 10.1. The summed E-state index contributed by atoms with van der Waals surface area (Å²) < 4.78 is 23.4. The Labute approximate surface area is 147 Å². The molecule has 0 aliphatic carbocycles. The van der Waals surface area contributed by atoms with E-state index in [2.05, 4.69) is 0 Å². The largest absolute Gasteiger partial charge is 0.465 e. The molecule has 2 aromatic rings. The van der Waals surface area contributed by atoms with Gasteiger partial charge in [0.05, 0.1) is 35.2 Å². The molecule has 0 atom stereocenters. The Kier molecular flexibility index (Phi) is 4.46. The maximum Gasteiger partial charge on any atom is 0.340 e. The Bertz CT molecular complexity index is 915. The van der Waals surface area contributed by atoms with Crippen LogP contribution in [0.15, 0.2) is 57.9 Å². The van der Waals surface area contributed by atoms with E-state index in [0.29, 0.717) is 17.1 Å². The molecule has 2 heterocycles. The van der Waals surface area contributed by atoms with Gasteiger partial charge in [0.25, 0.3) is 5.91 Å². The summed E-state index contributed by atoms with van der Waals surface area (Å²) in [5.41, 5.74) is 0.944. The van der Waals surface area contributed by atoms with Gasteiger partial charge < -0.3 is 9.15 Å². The Balaban J connectivity index is 2.15. The van der Waals surface area contributed by atoms with Gasteiger partial charge in [0, 0.05) is 5.70 Å². The van der Waals surface area contributed by atoms with Gasteiger partial charge >= 0.3 is 5.97 Å². The first-order valence-electron chi connectivity index (χ1n) is 7.28. The molecule has 5 nitrogen and oxygen atoms in total. The number of halogens is 2. The van der Waals surface area contributed by atoms with E-state index >= 15 is 0 Å². The number of amides is 1. The van der Waals surface area contributed by atoms with Gasteiger partial charge in [0.1, 0.15) is 11.6 Å². The number of benzene rings is 1. The van der Waals surface area contributed by atoms with E-state index in [4.69, 9.17) is 20.8 Å². The summed E-state index contributed by atoms with van der Waals surface area (Å²) in [6, 6.07) is 7.21. The molecule has 3 rings (SSSR count). The topological polar surface area (TPSA) is 59.8 Å². The fourth-order valence-electron chi connectivity index (χ4n) is 2.63. The molecule has 1 aromatic heterocycles. The van der Waals surface area contributed by atoms with Crippen molar-refractivity contribution in [1.82, 2.24) is 0 Å². The maximum atomic E-state index is 13.4. The van der Waals surface area contributed by atoms with Gasteiger partial charge in [0.2, 0.25) is 0 Å². The van der Waals surface area contributed by atoms with E-state index in [1.807, 2.05) is 0 Å². The van der Waals surface area contributed by atoms with Crippen LogP contribution in [0.3, 0.4) is 0 Å². The van der Waals surface area contributed by atoms with Crippen LogP contribution >= 0.6 is 11.6 Å². The van der Waals surface area contributed by atoms with Crippen molar-refractivity contribution in [2.24, 2.45) is 0 Å². The molecular formula is C18H13ClFNO4. The standard InChI is InChI=1S/C18H13ClFNO4/c1-10-16(18(23)24-2)13(9-12-4-3-7-25-12)17(22)21(10)11-5-6-15(20)14(19)8-11/h3-9H,1-2H3. The minimum Gasteiger partial charge on any atom is -0.465 e. The van der Waals surface area contributed by atoms with Gasteiger partial charge in [-0.3, -0.25) is 9.69 Å². The van der Waals surface area contributed by atoms with Crippen LogP contribution < -0.4 is 4.90 Å². The predicted octanol–water partition coefficient (Wildman–Crippen LogP) is 3.95. The molecule has 0 saturated heterocycles. The average molecular weight is 362 g/mol. The van der Waals surface area contributed by atoms with Gasteiger partial charge in [-0.2, -0.15) is 0 Å². The Morgan fingerprint density at radius 1 is 1.36 bits per heavy atom. The zero-order valence-electron chi connectivity index (χ0n) is 13.4. The first-order chi connectivity index (χ1) is 11.9. The number of hydrogen-bond donors (Lipinski definition) is 0. The molecule has 128 valence electrons. The summed E-state index contributed by atoms with van der Waals surface area (Å²) in [5.74, 6) is -1.30. The van der Waals surface area contributed by atoms with Crippen LogP contribution in [0.2, 0.25) is 5.02 Å². The summed E-state index contributed by atoms with van der Waals surface area (Å²) in [6.07, 6.45) is 2.92. The molecule has 0 N–H and O–H groups in total. The zero-order chi connectivity index (χ0) is 18.1. The van der Waals surface area contributed by atoms with Crippen molar-refractivity contribution in [2.45, 2.75) is 6.92 Å². The van der Waals surface area contributed by atoms with Crippen molar-refractivity contribution in [3.63, 3.8) is 0 Å². The number of nitrogens with zero attached hydrogens (tertiary/aromatic N) is 1. The van der Waals surface area contributed by atoms with Crippen LogP contribution in [0, 0.1) is 5.82 Å². The quantitative estimate of drug-likeness (QED) is 0.613. The highest BCUT2D eigenvalue weighted by atomic mass is 35.5. The van der Waals surface area contributed by atoms with Crippen molar-refractivity contribution in [3.05, 3.63) is 70.0 Å². The number of furan rings is 1. The van der Waals surface area contributed by atoms with Crippen LogP contribution in [0.5, 0.6) is 0 Å². The maximum absolute atomic E-state index is 13.4. The molecule has 1 aromatic carbocycles. The first-order valence-corrected chi connectivity index (χ1v) is 7.66. The number of ether oxygens (including phenoxy) is 1. The molecule has 0 bridgehead atoms. The number of esters is 1. The molecule has 1 aliphatic rings. The van der Waals surface area contributed by atoms with Crippen LogP contribution in [-0.2, 0) is 14.3 Å². The Hall–Kier alpha value is -2.86. The predicted molar refractivity (Wildman–Crippen MR) is 90.3 cm³/mol. The lowest BCUT2D eigenvalue weighted by Crippen LogP contribution is -2.24. The molecule has 1 aliphatic heterocycles. The second-order valence-electron chi connectivity index (χ2n) is 5.26. The van der Waals surface area contributed by atoms with Gasteiger partial charge in [-0.15, -0.1) is 0 Å². The molecule has 0 fully saturated rings. The summed E-state index contributed by atoms with van der Waals surface area (Å²) >= 11 is 5.82. The third kappa shape index (κ3) is 2.96. The Morgan fingerprint density at radius 2 is 2.12 bits per heavy atom. The summed E-state index contributed by atoms with van der Waals surface area (Å²) in [6.45, 7) is 1.60. The molecule has 0 unspecified atom stereocenters. The number of rotatable bonds is 3. The number of carbonyl (C=O) groups excluding carboxylic acids is 2. The highest BCUT2D eigenvalue weighted by Gasteiger charge is 2.38. The minimum absolute atomic E-state index is 0.115. The summed E-state index contributed by atoms with van der Waals surface area (Å²) in [5, 5.41) is -0.124. The second kappa shape index (κ2) is 6.57. The molecule has 0 saturated carbocycles. The van der Waals surface area contributed by atoms with E-state index in [-0.39, 0.29) is 16.2 Å². The number of carbonyl (C=O) groups is 2. The summed E-state index contributed by atoms with van der Waals surface area (Å²) in [4.78, 5) is 26.4. The number of methoxy groups -OCH3 is 1. The van der Waals surface area contributed by atoms with Gasteiger partial charge in [-0.1, -0.05) is 11.6 Å². The van der Waals surface area contributed by atoms with Crippen molar-refractivity contribution in [1.29, 1.82) is 0 Å². The summed E-state index contributed by atoms with van der Waals surface area (Å²) in [7, 11) is 1.23. The molecule has 7 heteroatoms. The number of hydrogen-bond acceptors (Lipinski definition) is 4. The zero-order valence-corrected chi connectivity index (χ0v) is 14.1. The van der Waals surface area contributed by atoms with Crippen molar-refractivity contribution in [3.8, 4) is 0 Å². The lowest BCUT2D eigenvalue weighted by Gasteiger charge is -2.18. The normalized spacial score (nSPS) is 16.1. The van der Waals surface area contributed by atoms with Gasteiger partial charge in [-0.25, -0.2) is 9.18 Å². The van der Waals surface area contributed by atoms with Crippen molar-refractivity contribution < 1.29 is 23.1 Å². The first kappa shape index (κ1) is 17.0. The third-order valence-corrected chi connectivity index (χ3v) is 4.07. The van der Waals surface area contributed by atoms with Crippen LogP contribution in [-0.4, -0.2) is 19.0 Å². The molecule has 25 heavy (non-hydrogen) atoms.